The summed E-state index contributed by atoms with van der Waals surface area (Å²) in [5.74, 6) is -0.0321. The van der Waals surface area contributed by atoms with Gasteiger partial charge in [0.1, 0.15) is 5.82 Å². The van der Waals surface area contributed by atoms with Crippen LogP contribution in [0.15, 0.2) is 23.1 Å². The van der Waals surface area contributed by atoms with E-state index in [-0.39, 0.29) is 17.5 Å². The molecule has 0 spiro atoms. The number of thioether (sulfide) groups is 1. The number of nitrogens with zero attached hydrogens (tertiary/aromatic N) is 2. The molecule has 0 unspecified atom stereocenters. The zero-order chi connectivity index (χ0) is 13.8. The maximum Gasteiger partial charge on any atom is 0.233 e. The third kappa shape index (κ3) is 3.84. The highest BCUT2D eigenvalue weighted by atomic mass is 32.2. The fourth-order valence-corrected chi connectivity index (χ4v) is 2.74. The number of benzene rings is 1. The number of hydrogen-bond acceptors (Lipinski definition) is 4. The first-order chi connectivity index (χ1) is 9.06. The molecule has 4 nitrogen and oxygen atoms in total. The molecule has 1 saturated heterocycles. The molecule has 1 aliphatic heterocycles. The number of hydrogen-bond donors (Lipinski definition) is 1. The van der Waals surface area contributed by atoms with Gasteiger partial charge in [0.25, 0.3) is 0 Å². The molecule has 0 radical (unpaired) electrons. The average molecular weight is 283 g/mol. The fraction of sp³-hybridized carbons (Fsp3) is 0.462. The van der Waals surface area contributed by atoms with Crippen LogP contribution >= 0.6 is 11.8 Å². The molecule has 0 aromatic heterocycles. The van der Waals surface area contributed by atoms with E-state index in [9.17, 15) is 9.18 Å². The lowest BCUT2D eigenvalue weighted by Gasteiger charge is -2.32. The summed E-state index contributed by atoms with van der Waals surface area (Å²) in [6.45, 7) is 3.29. The average Bonchev–Trinajstić information content (AvgIpc) is 2.38. The second-order valence-electron chi connectivity index (χ2n) is 4.66. The Morgan fingerprint density at radius 3 is 2.68 bits per heavy atom. The third-order valence-electron chi connectivity index (χ3n) is 3.16. The quantitative estimate of drug-likeness (QED) is 0.670. The Labute approximate surface area is 116 Å². The lowest BCUT2D eigenvalue weighted by atomic mass is 10.3. The first kappa shape index (κ1) is 14.1. The van der Waals surface area contributed by atoms with Crippen molar-refractivity contribution < 1.29 is 9.18 Å². The highest BCUT2D eigenvalue weighted by molar-refractivity contribution is 8.00. The van der Waals surface area contributed by atoms with E-state index in [0.29, 0.717) is 10.6 Å². The fourth-order valence-electron chi connectivity index (χ4n) is 1.92. The summed E-state index contributed by atoms with van der Waals surface area (Å²) in [5.41, 5.74) is 5.88. The van der Waals surface area contributed by atoms with E-state index < -0.39 is 0 Å². The van der Waals surface area contributed by atoms with Crippen molar-refractivity contribution in [2.45, 2.75) is 4.90 Å². The molecule has 1 aromatic rings. The molecule has 1 fully saturated rings. The van der Waals surface area contributed by atoms with Crippen molar-refractivity contribution in [2.24, 2.45) is 0 Å². The number of likely N-dealkylation sites (N-methyl/N-ethyl adjacent to an activating group) is 1. The van der Waals surface area contributed by atoms with E-state index >= 15 is 0 Å². The smallest absolute Gasteiger partial charge is 0.233 e. The van der Waals surface area contributed by atoms with Crippen LogP contribution in [0.1, 0.15) is 0 Å². The largest absolute Gasteiger partial charge is 0.399 e. The van der Waals surface area contributed by atoms with Crippen molar-refractivity contribution >= 4 is 23.4 Å². The zero-order valence-corrected chi connectivity index (χ0v) is 11.8. The Balaban J connectivity index is 1.86. The Kier molecular flexibility index (Phi) is 4.66. The minimum atomic E-state index is -0.365. The number of nitrogen functional groups attached to an aromatic ring is 1. The van der Waals surface area contributed by atoms with Gasteiger partial charge < -0.3 is 15.5 Å². The van der Waals surface area contributed by atoms with Crippen LogP contribution in [0, 0.1) is 5.82 Å². The summed E-state index contributed by atoms with van der Waals surface area (Å²) in [4.78, 5) is 16.5. The van der Waals surface area contributed by atoms with Crippen LogP contribution in [-0.2, 0) is 4.79 Å². The molecule has 1 heterocycles. The Morgan fingerprint density at radius 2 is 2.05 bits per heavy atom. The van der Waals surface area contributed by atoms with Crippen molar-refractivity contribution in [3.05, 3.63) is 24.0 Å². The molecule has 19 heavy (non-hydrogen) atoms. The predicted molar refractivity (Wildman–Crippen MR) is 75.6 cm³/mol. The molecule has 1 aromatic carbocycles. The maximum atomic E-state index is 13.6. The van der Waals surface area contributed by atoms with Gasteiger partial charge in [-0.15, -0.1) is 11.8 Å². The number of rotatable bonds is 3. The second kappa shape index (κ2) is 6.25. The molecule has 6 heteroatoms. The van der Waals surface area contributed by atoms with E-state index in [1.807, 2.05) is 11.9 Å². The van der Waals surface area contributed by atoms with Crippen LogP contribution in [-0.4, -0.2) is 54.7 Å². The molecule has 2 N–H and O–H groups in total. The summed E-state index contributed by atoms with van der Waals surface area (Å²) in [6.07, 6.45) is 0. The van der Waals surface area contributed by atoms with Crippen LogP contribution in [0.4, 0.5) is 10.1 Å². The Hall–Kier alpha value is -1.27. The summed E-state index contributed by atoms with van der Waals surface area (Å²) in [5, 5.41) is 0. The molecule has 1 aliphatic rings. The second-order valence-corrected chi connectivity index (χ2v) is 5.68. The molecular formula is C13H18FN3OS. The Morgan fingerprint density at radius 1 is 1.37 bits per heavy atom. The number of carbonyl (C=O) groups is 1. The molecule has 0 bridgehead atoms. The van der Waals surface area contributed by atoms with Crippen LogP contribution in [0.2, 0.25) is 0 Å². The highest BCUT2D eigenvalue weighted by Crippen LogP contribution is 2.23. The summed E-state index contributed by atoms with van der Waals surface area (Å²) >= 11 is 1.22. The van der Waals surface area contributed by atoms with Gasteiger partial charge in [-0.2, -0.15) is 0 Å². The first-order valence-electron chi connectivity index (χ1n) is 6.20. The summed E-state index contributed by atoms with van der Waals surface area (Å²) < 4.78 is 13.6. The molecule has 0 aliphatic carbocycles. The maximum absolute atomic E-state index is 13.6. The highest BCUT2D eigenvalue weighted by Gasteiger charge is 2.19. The van der Waals surface area contributed by atoms with Gasteiger partial charge in [0.15, 0.2) is 0 Å². The van der Waals surface area contributed by atoms with E-state index in [1.54, 1.807) is 12.1 Å². The van der Waals surface area contributed by atoms with Crippen molar-refractivity contribution in [3.63, 3.8) is 0 Å². The first-order valence-corrected chi connectivity index (χ1v) is 7.19. The molecular weight excluding hydrogens is 265 g/mol. The Bertz CT molecular complexity index is 461. The molecule has 2 rings (SSSR count). The molecule has 0 atom stereocenters. The van der Waals surface area contributed by atoms with Gasteiger partial charge in [0.2, 0.25) is 5.91 Å². The van der Waals surface area contributed by atoms with Crippen molar-refractivity contribution in [1.29, 1.82) is 0 Å². The lowest BCUT2D eigenvalue weighted by molar-refractivity contribution is -0.129. The van der Waals surface area contributed by atoms with Gasteiger partial charge in [-0.1, -0.05) is 0 Å². The van der Waals surface area contributed by atoms with Gasteiger partial charge in [-0.3, -0.25) is 4.79 Å². The summed E-state index contributed by atoms with van der Waals surface area (Å²) in [7, 11) is 2.04. The van der Waals surface area contributed by atoms with Crippen LogP contribution in [0.5, 0.6) is 0 Å². The normalized spacial score (nSPS) is 16.6. The summed E-state index contributed by atoms with van der Waals surface area (Å²) in [6, 6.07) is 4.54. The van der Waals surface area contributed by atoms with E-state index in [0.717, 1.165) is 26.2 Å². The number of halogens is 1. The SMILES string of the molecule is CN1CCN(C(=O)CSc2ccc(N)cc2F)CC1. The van der Waals surface area contributed by atoms with E-state index in [2.05, 4.69) is 4.90 Å². The van der Waals surface area contributed by atoms with Gasteiger partial charge >= 0.3 is 0 Å². The molecule has 0 saturated carbocycles. The van der Waals surface area contributed by atoms with Crippen molar-refractivity contribution in [2.75, 3.05) is 44.7 Å². The van der Waals surface area contributed by atoms with Gasteiger partial charge in [0, 0.05) is 36.8 Å². The monoisotopic (exact) mass is 283 g/mol. The minimum Gasteiger partial charge on any atom is -0.399 e. The topological polar surface area (TPSA) is 49.6 Å². The number of piperazine rings is 1. The van der Waals surface area contributed by atoms with Crippen LogP contribution in [0.3, 0.4) is 0 Å². The predicted octanol–water partition coefficient (Wildman–Crippen LogP) is 1.27. The van der Waals surface area contributed by atoms with Crippen molar-refractivity contribution in [1.82, 2.24) is 9.80 Å². The molecule has 104 valence electrons. The van der Waals surface area contributed by atoms with Crippen molar-refractivity contribution in [3.8, 4) is 0 Å². The number of amides is 1. The number of anilines is 1. The zero-order valence-electron chi connectivity index (χ0n) is 10.9. The lowest BCUT2D eigenvalue weighted by Crippen LogP contribution is -2.47. The third-order valence-corrected chi connectivity index (χ3v) is 4.20. The molecule has 1 amide bonds. The standard InChI is InChI=1S/C13H18FN3OS/c1-16-4-6-17(7-5-16)13(18)9-19-12-3-2-10(15)8-11(12)14/h2-3,8H,4-7,9,15H2,1H3. The van der Waals surface area contributed by atoms with Gasteiger partial charge in [-0.25, -0.2) is 4.39 Å². The van der Waals surface area contributed by atoms with Gasteiger partial charge in [-0.05, 0) is 25.2 Å². The number of nitrogens with two attached hydrogens (primary N) is 1. The van der Waals surface area contributed by atoms with E-state index in [4.69, 9.17) is 5.73 Å². The van der Waals surface area contributed by atoms with E-state index in [1.165, 1.54) is 17.8 Å². The number of carbonyl (C=O) groups excluding carboxylic acids is 1. The van der Waals surface area contributed by atoms with Crippen LogP contribution in [0.25, 0.3) is 0 Å². The minimum absolute atomic E-state index is 0.0642. The van der Waals surface area contributed by atoms with Gasteiger partial charge in [0.05, 0.1) is 5.75 Å². The van der Waals surface area contributed by atoms with Crippen LogP contribution < -0.4 is 5.73 Å².